The smallest absolute Gasteiger partial charge is 0.243 e. The number of hydrogen-bond acceptors (Lipinski definition) is 5. The predicted octanol–water partition coefficient (Wildman–Crippen LogP) is 2.06. The number of anilines is 2. The molecule has 1 aliphatic rings. The maximum atomic E-state index is 12.3. The van der Waals surface area contributed by atoms with Gasteiger partial charge in [-0.3, -0.25) is 4.79 Å². The van der Waals surface area contributed by atoms with Gasteiger partial charge in [0.2, 0.25) is 15.9 Å². The first kappa shape index (κ1) is 17.8. The van der Waals surface area contributed by atoms with Gasteiger partial charge >= 0.3 is 0 Å². The Morgan fingerprint density at radius 3 is 2.80 bits per heavy atom. The van der Waals surface area contributed by atoms with Crippen LogP contribution in [-0.2, 0) is 21.2 Å². The standard InChI is InChI=1S/C17H19N3O3S2/c1-24-14-4-2-3-13(10-14)19-17(21)11-20-8-7-12-9-15(25(18,22)23)5-6-16(12)20/h2-6,9-10H,7-8,11H2,1H3,(H,19,21)(H2,18,22,23). The van der Waals surface area contributed by atoms with Gasteiger partial charge in [-0.25, -0.2) is 13.6 Å². The average Bonchev–Trinajstić information content (AvgIpc) is 2.96. The largest absolute Gasteiger partial charge is 0.362 e. The monoisotopic (exact) mass is 377 g/mol. The summed E-state index contributed by atoms with van der Waals surface area (Å²) in [6.45, 7) is 0.882. The van der Waals surface area contributed by atoms with Crippen molar-refractivity contribution in [3.8, 4) is 0 Å². The number of primary sulfonamides is 1. The van der Waals surface area contributed by atoms with Crippen LogP contribution >= 0.6 is 11.8 Å². The lowest BCUT2D eigenvalue weighted by molar-refractivity contribution is -0.115. The molecule has 1 aliphatic heterocycles. The van der Waals surface area contributed by atoms with Gasteiger partial charge in [-0.05, 0) is 54.6 Å². The van der Waals surface area contributed by atoms with Gasteiger partial charge in [-0.15, -0.1) is 11.8 Å². The van der Waals surface area contributed by atoms with Crippen molar-refractivity contribution in [2.45, 2.75) is 16.2 Å². The van der Waals surface area contributed by atoms with Crippen molar-refractivity contribution in [2.24, 2.45) is 5.14 Å². The number of carbonyl (C=O) groups excluding carboxylic acids is 1. The van der Waals surface area contributed by atoms with Crippen molar-refractivity contribution >= 4 is 39.1 Å². The van der Waals surface area contributed by atoms with E-state index in [-0.39, 0.29) is 17.3 Å². The number of nitrogens with one attached hydrogen (secondary N) is 1. The summed E-state index contributed by atoms with van der Waals surface area (Å²) >= 11 is 1.62. The molecule has 8 heteroatoms. The van der Waals surface area contributed by atoms with Crippen LogP contribution in [0.15, 0.2) is 52.3 Å². The fourth-order valence-electron chi connectivity index (χ4n) is 2.86. The molecular formula is C17H19N3O3S2. The van der Waals surface area contributed by atoms with E-state index in [0.717, 1.165) is 21.8 Å². The SMILES string of the molecule is CSc1cccc(NC(=O)CN2CCc3cc(S(N)(=O)=O)ccc32)c1. The molecule has 0 aliphatic carbocycles. The van der Waals surface area contributed by atoms with E-state index in [1.165, 1.54) is 6.07 Å². The van der Waals surface area contributed by atoms with Crippen molar-refractivity contribution in [1.82, 2.24) is 0 Å². The fourth-order valence-corrected chi connectivity index (χ4v) is 3.89. The zero-order chi connectivity index (χ0) is 18.0. The molecular weight excluding hydrogens is 358 g/mol. The summed E-state index contributed by atoms with van der Waals surface area (Å²) < 4.78 is 22.9. The van der Waals surface area contributed by atoms with Crippen LogP contribution in [-0.4, -0.2) is 33.7 Å². The van der Waals surface area contributed by atoms with Crippen molar-refractivity contribution in [2.75, 3.05) is 29.6 Å². The molecule has 3 N–H and O–H groups in total. The van der Waals surface area contributed by atoms with Crippen LogP contribution in [0.5, 0.6) is 0 Å². The molecule has 0 radical (unpaired) electrons. The van der Waals surface area contributed by atoms with Gasteiger partial charge in [0.25, 0.3) is 0 Å². The minimum atomic E-state index is -3.71. The van der Waals surface area contributed by atoms with Crippen LogP contribution in [0.25, 0.3) is 0 Å². The van der Waals surface area contributed by atoms with Crippen LogP contribution in [0.3, 0.4) is 0 Å². The Labute approximate surface area is 151 Å². The summed E-state index contributed by atoms with van der Waals surface area (Å²) in [6.07, 6.45) is 2.67. The number of thioether (sulfide) groups is 1. The van der Waals surface area contributed by atoms with E-state index in [4.69, 9.17) is 5.14 Å². The highest BCUT2D eigenvalue weighted by Crippen LogP contribution is 2.29. The highest BCUT2D eigenvalue weighted by molar-refractivity contribution is 7.98. The van der Waals surface area contributed by atoms with Gasteiger partial charge in [-0.1, -0.05) is 6.07 Å². The van der Waals surface area contributed by atoms with Crippen LogP contribution in [0.2, 0.25) is 0 Å². The lowest BCUT2D eigenvalue weighted by atomic mass is 10.2. The molecule has 132 valence electrons. The molecule has 0 aromatic heterocycles. The van der Waals surface area contributed by atoms with Crippen LogP contribution in [0.1, 0.15) is 5.56 Å². The normalized spacial score (nSPS) is 13.6. The minimum absolute atomic E-state index is 0.103. The molecule has 0 unspecified atom stereocenters. The molecule has 1 heterocycles. The summed E-state index contributed by atoms with van der Waals surface area (Å²) in [5.74, 6) is -0.110. The van der Waals surface area contributed by atoms with Crippen molar-refractivity contribution in [3.63, 3.8) is 0 Å². The lowest BCUT2D eigenvalue weighted by Crippen LogP contribution is -2.31. The first-order valence-corrected chi connectivity index (χ1v) is 10.5. The molecule has 0 fully saturated rings. The molecule has 2 aromatic rings. The second-order valence-corrected chi connectivity index (χ2v) is 8.23. The Bertz CT molecular complexity index is 913. The van der Waals surface area contributed by atoms with Gasteiger partial charge in [0.1, 0.15) is 0 Å². The third kappa shape index (κ3) is 4.15. The molecule has 0 spiro atoms. The summed E-state index contributed by atoms with van der Waals surface area (Å²) in [6, 6.07) is 12.5. The van der Waals surface area contributed by atoms with Crippen molar-refractivity contribution in [1.29, 1.82) is 0 Å². The summed E-state index contributed by atoms with van der Waals surface area (Å²) in [5, 5.41) is 8.07. The Hall–Kier alpha value is -2.03. The van der Waals surface area contributed by atoms with Crippen molar-refractivity contribution in [3.05, 3.63) is 48.0 Å². The van der Waals surface area contributed by atoms with E-state index in [1.54, 1.807) is 23.9 Å². The first-order valence-electron chi connectivity index (χ1n) is 7.71. The molecule has 3 rings (SSSR count). The zero-order valence-corrected chi connectivity index (χ0v) is 15.4. The van der Waals surface area contributed by atoms with Crippen LogP contribution < -0.4 is 15.4 Å². The Morgan fingerprint density at radius 2 is 2.08 bits per heavy atom. The van der Waals surface area contributed by atoms with Gasteiger partial charge in [0, 0.05) is 22.8 Å². The molecule has 0 atom stereocenters. The summed E-state index contributed by atoms with van der Waals surface area (Å²) in [4.78, 5) is 15.5. The predicted molar refractivity (Wildman–Crippen MR) is 101 cm³/mol. The maximum absolute atomic E-state index is 12.3. The number of sulfonamides is 1. The molecule has 0 saturated carbocycles. The number of hydrogen-bond donors (Lipinski definition) is 2. The third-order valence-electron chi connectivity index (χ3n) is 4.06. The number of amides is 1. The maximum Gasteiger partial charge on any atom is 0.243 e. The average molecular weight is 377 g/mol. The molecule has 0 saturated heterocycles. The lowest BCUT2D eigenvalue weighted by Gasteiger charge is -2.19. The van der Waals surface area contributed by atoms with Gasteiger partial charge in [0.15, 0.2) is 0 Å². The summed E-state index contributed by atoms with van der Waals surface area (Å²) in [5.41, 5.74) is 2.53. The number of rotatable bonds is 5. The second-order valence-electron chi connectivity index (χ2n) is 5.79. The van der Waals surface area contributed by atoms with Crippen LogP contribution in [0.4, 0.5) is 11.4 Å². The number of nitrogens with zero attached hydrogens (tertiary/aromatic N) is 1. The topological polar surface area (TPSA) is 92.5 Å². The third-order valence-corrected chi connectivity index (χ3v) is 5.70. The number of nitrogens with two attached hydrogens (primary N) is 1. The van der Waals surface area contributed by atoms with E-state index in [2.05, 4.69) is 5.32 Å². The fraction of sp³-hybridized carbons (Fsp3) is 0.235. The van der Waals surface area contributed by atoms with E-state index in [0.29, 0.717) is 13.0 Å². The van der Waals surface area contributed by atoms with Gasteiger partial charge in [0.05, 0.1) is 11.4 Å². The Morgan fingerprint density at radius 1 is 1.28 bits per heavy atom. The molecule has 0 bridgehead atoms. The Kier molecular flexibility index (Phi) is 5.03. The number of carbonyl (C=O) groups is 1. The quantitative estimate of drug-likeness (QED) is 0.778. The van der Waals surface area contributed by atoms with Crippen molar-refractivity contribution < 1.29 is 13.2 Å². The van der Waals surface area contributed by atoms with E-state index < -0.39 is 10.0 Å². The first-order chi connectivity index (χ1) is 11.9. The minimum Gasteiger partial charge on any atom is -0.362 e. The number of fused-ring (bicyclic) bond motifs is 1. The summed E-state index contributed by atoms with van der Waals surface area (Å²) in [7, 11) is -3.71. The van der Waals surface area contributed by atoms with E-state index in [9.17, 15) is 13.2 Å². The molecule has 6 nitrogen and oxygen atoms in total. The second kappa shape index (κ2) is 7.07. The van der Waals surface area contributed by atoms with E-state index in [1.807, 2.05) is 35.4 Å². The highest BCUT2D eigenvalue weighted by Gasteiger charge is 2.23. The molecule has 25 heavy (non-hydrogen) atoms. The highest BCUT2D eigenvalue weighted by atomic mass is 32.2. The number of benzene rings is 2. The van der Waals surface area contributed by atoms with Crippen LogP contribution in [0, 0.1) is 0 Å². The van der Waals surface area contributed by atoms with E-state index >= 15 is 0 Å². The zero-order valence-electron chi connectivity index (χ0n) is 13.7. The Balaban J connectivity index is 1.70. The van der Waals surface area contributed by atoms with Gasteiger partial charge < -0.3 is 10.2 Å². The molecule has 1 amide bonds. The van der Waals surface area contributed by atoms with Gasteiger partial charge in [-0.2, -0.15) is 0 Å². The molecule has 2 aromatic carbocycles.